The summed E-state index contributed by atoms with van der Waals surface area (Å²) in [5.41, 5.74) is 3.32. The average Bonchev–Trinajstić information content (AvgIpc) is 2.74. The summed E-state index contributed by atoms with van der Waals surface area (Å²) in [6.45, 7) is -0.750. The van der Waals surface area contributed by atoms with Crippen LogP contribution in [-0.4, -0.2) is 30.3 Å². The van der Waals surface area contributed by atoms with Gasteiger partial charge in [0.05, 0.1) is 22.6 Å². The quantitative estimate of drug-likeness (QED) is 0.424. The largest absolute Gasteiger partial charge is 0.456 e. The Bertz CT molecular complexity index is 1010. The van der Waals surface area contributed by atoms with Gasteiger partial charge in [0.2, 0.25) is 5.91 Å². The first-order valence-electron chi connectivity index (χ1n) is 9.02. The molecule has 8 nitrogen and oxygen atoms in total. The van der Waals surface area contributed by atoms with Crippen molar-refractivity contribution in [2.75, 3.05) is 11.9 Å². The molecular formula is C20H17ClF3N3O5. The molecule has 0 heterocycles. The number of benzene rings is 2. The lowest BCUT2D eigenvalue weighted by molar-refractivity contribution is -0.148. The van der Waals surface area contributed by atoms with Crippen molar-refractivity contribution in [1.29, 1.82) is 0 Å². The molecule has 0 unspecified atom stereocenters. The first-order valence-corrected chi connectivity index (χ1v) is 9.40. The standard InChI is InChI=1S/C20H17ClF3N3O5/c21-15-7-2-1-6-14(15)19(31)27-26-16(28)8-9-18(30)32-11-17(29)25-13-5-3-4-12(10-13)20(22,23)24/h1-7,10H,8-9,11H2,(H,25,29)(H,26,28)(H,27,31). The summed E-state index contributed by atoms with van der Waals surface area (Å²) in [6.07, 6.45) is -5.32. The molecule has 3 N–H and O–H groups in total. The Morgan fingerprint density at radius 2 is 1.62 bits per heavy atom. The zero-order valence-electron chi connectivity index (χ0n) is 16.3. The molecule has 3 amide bonds. The van der Waals surface area contributed by atoms with Crippen LogP contribution in [0.25, 0.3) is 0 Å². The molecule has 0 aliphatic rings. The summed E-state index contributed by atoms with van der Waals surface area (Å²) in [5.74, 6) is -3.10. The van der Waals surface area contributed by atoms with Crippen LogP contribution in [0.4, 0.5) is 18.9 Å². The number of amides is 3. The minimum atomic E-state index is -4.57. The maximum Gasteiger partial charge on any atom is 0.416 e. The van der Waals surface area contributed by atoms with E-state index >= 15 is 0 Å². The minimum Gasteiger partial charge on any atom is -0.456 e. The predicted octanol–water partition coefficient (Wildman–Crippen LogP) is 3.08. The van der Waals surface area contributed by atoms with Crippen LogP contribution in [0.3, 0.4) is 0 Å². The zero-order valence-corrected chi connectivity index (χ0v) is 17.0. The normalized spacial score (nSPS) is 10.8. The van der Waals surface area contributed by atoms with Gasteiger partial charge in [0.15, 0.2) is 6.61 Å². The van der Waals surface area contributed by atoms with Gasteiger partial charge < -0.3 is 10.1 Å². The van der Waals surface area contributed by atoms with E-state index in [0.29, 0.717) is 0 Å². The number of halogens is 4. The van der Waals surface area contributed by atoms with Gasteiger partial charge in [0.1, 0.15) is 0 Å². The zero-order chi connectivity index (χ0) is 23.7. The van der Waals surface area contributed by atoms with Gasteiger partial charge in [0, 0.05) is 12.1 Å². The van der Waals surface area contributed by atoms with Crippen molar-refractivity contribution in [3.63, 3.8) is 0 Å². The molecular weight excluding hydrogens is 455 g/mol. The van der Waals surface area contributed by atoms with E-state index in [1.165, 1.54) is 18.2 Å². The van der Waals surface area contributed by atoms with Crippen molar-refractivity contribution < 1.29 is 37.1 Å². The number of hydrazine groups is 1. The van der Waals surface area contributed by atoms with Gasteiger partial charge in [-0.05, 0) is 30.3 Å². The minimum absolute atomic E-state index is 0.116. The Morgan fingerprint density at radius 1 is 0.906 bits per heavy atom. The van der Waals surface area contributed by atoms with Crippen LogP contribution in [0.15, 0.2) is 48.5 Å². The average molecular weight is 472 g/mol. The van der Waals surface area contributed by atoms with Gasteiger partial charge >= 0.3 is 12.1 Å². The number of rotatable bonds is 7. The molecule has 2 aromatic rings. The van der Waals surface area contributed by atoms with Crippen LogP contribution in [0.2, 0.25) is 5.02 Å². The lowest BCUT2D eigenvalue weighted by Gasteiger charge is -2.10. The van der Waals surface area contributed by atoms with Crippen LogP contribution < -0.4 is 16.2 Å². The van der Waals surface area contributed by atoms with Gasteiger partial charge in [-0.2, -0.15) is 13.2 Å². The monoisotopic (exact) mass is 471 g/mol. The molecule has 2 aromatic carbocycles. The fourth-order valence-corrected chi connectivity index (χ4v) is 2.53. The molecule has 0 saturated carbocycles. The lowest BCUT2D eigenvalue weighted by atomic mass is 10.2. The Kier molecular flexibility index (Phi) is 8.59. The number of hydrogen-bond acceptors (Lipinski definition) is 5. The number of alkyl halides is 3. The fourth-order valence-electron chi connectivity index (χ4n) is 2.31. The number of nitrogens with one attached hydrogen (secondary N) is 3. The molecule has 170 valence electrons. The molecule has 0 radical (unpaired) electrons. The number of hydrogen-bond donors (Lipinski definition) is 3. The van der Waals surface area contributed by atoms with E-state index in [1.807, 2.05) is 0 Å². The highest BCUT2D eigenvalue weighted by atomic mass is 35.5. The topological polar surface area (TPSA) is 114 Å². The number of esters is 1. The second-order valence-corrected chi connectivity index (χ2v) is 6.68. The van der Waals surface area contributed by atoms with Gasteiger partial charge in [-0.15, -0.1) is 0 Å². The summed E-state index contributed by atoms with van der Waals surface area (Å²) in [7, 11) is 0. The highest BCUT2D eigenvalue weighted by Crippen LogP contribution is 2.30. The first kappa shape index (κ1) is 24.7. The Hall–Kier alpha value is -3.60. The van der Waals surface area contributed by atoms with E-state index in [4.69, 9.17) is 11.6 Å². The summed E-state index contributed by atoms with van der Waals surface area (Å²) in [6, 6.07) is 10.1. The van der Waals surface area contributed by atoms with Crippen molar-refractivity contribution >= 4 is 41.0 Å². The summed E-state index contributed by atoms with van der Waals surface area (Å²) >= 11 is 5.86. The Balaban J connectivity index is 1.69. The van der Waals surface area contributed by atoms with Gasteiger partial charge in [-0.3, -0.25) is 30.0 Å². The second-order valence-electron chi connectivity index (χ2n) is 6.27. The summed E-state index contributed by atoms with van der Waals surface area (Å²) in [4.78, 5) is 47.0. The molecule has 32 heavy (non-hydrogen) atoms. The Morgan fingerprint density at radius 3 is 2.31 bits per heavy atom. The van der Waals surface area contributed by atoms with E-state index < -0.39 is 48.5 Å². The molecule has 0 aromatic heterocycles. The number of carbonyl (C=O) groups is 4. The second kappa shape index (κ2) is 11.1. The van der Waals surface area contributed by atoms with E-state index in [0.717, 1.165) is 18.2 Å². The highest BCUT2D eigenvalue weighted by Gasteiger charge is 2.30. The lowest BCUT2D eigenvalue weighted by Crippen LogP contribution is -2.41. The van der Waals surface area contributed by atoms with E-state index in [-0.39, 0.29) is 22.7 Å². The summed E-state index contributed by atoms with van der Waals surface area (Å²) in [5, 5.41) is 2.36. The van der Waals surface area contributed by atoms with E-state index in [9.17, 15) is 32.3 Å². The summed E-state index contributed by atoms with van der Waals surface area (Å²) < 4.78 is 42.7. The van der Waals surface area contributed by atoms with Crippen molar-refractivity contribution in [2.45, 2.75) is 19.0 Å². The maximum atomic E-state index is 12.7. The predicted molar refractivity (Wildman–Crippen MR) is 107 cm³/mol. The first-order chi connectivity index (χ1) is 15.1. The third kappa shape index (κ3) is 7.91. The van der Waals surface area contributed by atoms with Crippen LogP contribution >= 0.6 is 11.6 Å². The SMILES string of the molecule is O=C(CCC(=O)OCC(=O)Nc1cccc(C(F)(F)F)c1)NNC(=O)c1ccccc1Cl. The van der Waals surface area contributed by atoms with Crippen molar-refractivity contribution in [2.24, 2.45) is 0 Å². The smallest absolute Gasteiger partial charge is 0.416 e. The van der Waals surface area contributed by atoms with Crippen LogP contribution in [0.5, 0.6) is 0 Å². The van der Waals surface area contributed by atoms with Crippen LogP contribution in [0.1, 0.15) is 28.8 Å². The third-order valence-electron chi connectivity index (χ3n) is 3.83. The van der Waals surface area contributed by atoms with Gasteiger partial charge in [0.25, 0.3) is 11.8 Å². The molecule has 0 saturated heterocycles. The van der Waals surface area contributed by atoms with Gasteiger partial charge in [-0.25, -0.2) is 0 Å². The fraction of sp³-hybridized carbons (Fsp3) is 0.200. The number of anilines is 1. The molecule has 2 rings (SSSR count). The number of ether oxygens (including phenoxy) is 1. The van der Waals surface area contributed by atoms with Crippen molar-refractivity contribution in [1.82, 2.24) is 10.9 Å². The maximum absolute atomic E-state index is 12.7. The highest BCUT2D eigenvalue weighted by molar-refractivity contribution is 6.33. The molecule has 0 spiro atoms. The number of carbonyl (C=O) groups excluding carboxylic acids is 4. The molecule has 0 aliphatic carbocycles. The molecule has 0 bridgehead atoms. The van der Waals surface area contributed by atoms with Crippen molar-refractivity contribution in [3.8, 4) is 0 Å². The molecule has 12 heteroatoms. The van der Waals surface area contributed by atoms with Crippen LogP contribution in [0, 0.1) is 0 Å². The van der Waals surface area contributed by atoms with Crippen LogP contribution in [-0.2, 0) is 25.3 Å². The van der Waals surface area contributed by atoms with Gasteiger partial charge in [-0.1, -0.05) is 29.8 Å². The van der Waals surface area contributed by atoms with Crippen molar-refractivity contribution in [3.05, 3.63) is 64.7 Å². The van der Waals surface area contributed by atoms with E-state index in [2.05, 4.69) is 20.9 Å². The molecule has 0 fully saturated rings. The Labute approximate surface area is 185 Å². The third-order valence-corrected chi connectivity index (χ3v) is 4.16. The molecule has 0 atom stereocenters. The van der Waals surface area contributed by atoms with E-state index in [1.54, 1.807) is 12.1 Å². The molecule has 0 aliphatic heterocycles.